The van der Waals surface area contributed by atoms with E-state index in [-0.39, 0.29) is 0 Å². The van der Waals surface area contributed by atoms with Crippen LogP contribution in [-0.2, 0) is 0 Å². The summed E-state index contributed by atoms with van der Waals surface area (Å²) in [4.78, 5) is 0. The smallest absolute Gasteiger partial charge is 0.576 e. The van der Waals surface area contributed by atoms with Crippen LogP contribution >= 0.6 is 0 Å². The zero-order valence-electron chi connectivity index (χ0n) is 7.99. The first-order chi connectivity index (χ1) is 6.29. The lowest BCUT2D eigenvalue weighted by atomic mass is 9.69. The Bertz CT molecular complexity index is 285. The fraction of sp³-hybridized carbons (Fsp3) is 0.333. The Labute approximate surface area is 78.0 Å². The minimum absolute atomic E-state index is 0.863. The second kappa shape index (κ2) is 2.96. The van der Waals surface area contributed by atoms with E-state index < -0.39 is 6.69 Å². The predicted octanol–water partition coefficient (Wildman–Crippen LogP) is 0.610. The molecule has 4 heteroatoms. The van der Waals surface area contributed by atoms with Crippen molar-refractivity contribution in [1.82, 2.24) is 0 Å². The zero-order valence-corrected chi connectivity index (χ0v) is 7.99. The van der Waals surface area contributed by atoms with Crippen LogP contribution in [0.5, 0.6) is 11.5 Å². The summed E-state index contributed by atoms with van der Waals surface area (Å²) in [5.74, 6) is 1.73. The van der Waals surface area contributed by atoms with Crippen LogP contribution in [0.4, 0.5) is 0 Å². The number of benzene rings is 1. The van der Waals surface area contributed by atoms with Gasteiger partial charge in [0.2, 0.25) is 0 Å². The second-order valence-corrected chi connectivity index (χ2v) is 3.36. The highest BCUT2D eigenvalue weighted by Gasteiger charge is 2.41. The lowest BCUT2D eigenvalue weighted by Crippen LogP contribution is -3.01. The Balaban J connectivity index is 2.30. The van der Waals surface area contributed by atoms with E-state index in [4.69, 9.17) is 9.31 Å². The highest BCUT2D eigenvalue weighted by molar-refractivity contribution is 6.60. The average Bonchev–Trinajstić information content (AvgIpc) is 2.57. The van der Waals surface area contributed by atoms with E-state index in [2.05, 4.69) is 6.92 Å². The monoisotopic (exact) mass is 179 g/mol. The molecular weight excluding hydrogens is 165 g/mol. The zero-order chi connectivity index (χ0) is 9.31. The van der Waals surface area contributed by atoms with E-state index >= 15 is 0 Å². The molecule has 1 aromatic rings. The molecule has 3 nitrogen and oxygen atoms in total. The molecule has 0 saturated heterocycles. The fourth-order valence-corrected chi connectivity index (χ4v) is 1.64. The molecule has 0 aromatic heterocycles. The Morgan fingerprint density at radius 2 is 1.77 bits per heavy atom. The van der Waals surface area contributed by atoms with Crippen molar-refractivity contribution < 1.29 is 14.5 Å². The van der Waals surface area contributed by atoms with Gasteiger partial charge in [0.1, 0.15) is 11.5 Å². The minimum Gasteiger partial charge on any atom is -0.628 e. The molecule has 0 aliphatic carbocycles. The van der Waals surface area contributed by atoms with E-state index in [0.717, 1.165) is 17.8 Å². The topological polar surface area (TPSA) is 35.1 Å². The number of hydrogen-bond acceptors (Lipinski definition) is 2. The van der Waals surface area contributed by atoms with Crippen LogP contribution in [0.25, 0.3) is 0 Å². The molecule has 0 bridgehead atoms. The summed E-state index contributed by atoms with van der Waals surface area (Å²) in [6.07, 6.45) is 0.880. The molecule has 0 unspecified atom stereocenters. The van der Waals surface area contributed by atoms with Crippen LogP contribution in [0.3, 0.4) is 0 Å². The van der Waals surface area contributed by atoms with E-state index in [9.17, 15) is 0 Å². The van der Waals surface area contributed by atoms with Crippen molar-refractivity contribution in [1.29, 1.82) is 0 Å². The third-order valence-electron chi connectivity index (χ3n) is 2.58. The summed E-state index contributed by atoms with van der Waals surface area (Å²) in [7, 11) is 1.98. The van der Waals surface area contributed by atoms with E-state index in [1.165, 1.54) is 0 Å². The van der Waals surface area contributed by atoms with Crippen molar-refractivity contribution in [2.45, 2.75) is 13.2 Å². The molecular formula is C9H14BNO2. The van der Waals surface area contributed by atoms with E-state index in [1.807, 2.05) is 36.5 Å². The van der Waals surface area contributed by atoms with Crippen molar-refractivity contribution >= 4 is 6.69 Å². The summed E-state index contributed by atoms with van der Waals surface area (Å²) in [5.41, 5.74) is 0. The molecule has 0 saturated carbocycles. The van der Waals surface area contributed by atoms with Crippen molar-refractivity contribution in [3.63, 3.8) is 0 Å². The summed E-state index contributed by atoms with van der Waals surface area (Å²) >= 11 is 0. The van der Waals surface area contributed by atoms with Gasteiger partial charge in [-0.2, -0.15) is 0 Å². The number of fused-ring (bicyclic) bond motifs is 1. The molecule has 0 amide bonds. The quantitative estimate of drug-likeness (QED) is 0.675. The van der Waals surface area contributed by atoms with Gasteiger partial charge in [-0.25, -0.2) is 0 Å². The van der Waals surface area contributed by atoms with Gasteiger partial charge in [-0.3, -0.25) is 0 Å². The van der Waals surface area contributed by atoms with Crippen LogP contribution in [0.1, 0.15) is 6.92 Å². The molecule has 1 aliphatic rings. The maximum atomic E-state index is 5.78. The summed E-state index contributed by atoms with van der Waals surface area (Å²) in [6.45, 7) is 0.875. The van der Waals surface area contributed by atoms with Crippen LogP contribution in [0.2, 0.25) is 6.32 Å². The first kappa shape index (κ1) is 8.44. The highest BCUT2D eigenvalue weighted by Crippen LogP contribution is 2.35. The lowest BCUT2D eigenvalue weighted by molar-refractivity contribution is -0.522. The lowest BCUT2D eigenvalue weighted by Gasteiger charge is -2.27. The Morgan fingerprint density at radius 1 is 1.23 bits per heavy atom. The van der Waals surface area contributed by atoms with Gasteiger partial charge in [0.15, 0.2) is 0 Å². The van der Waals surface area contributed by atoms with E-state index in [0.29, 0.717) is 0 Å². The van der Waals surface area contributed by atoms with Crippen molar-refractivity contribution in [2.24, 2.45) is 0 Å². The standard InChI is InChI=1S/C9H14BNO2/c1-3-10(11-2)12-8-6-4-5-7-9(8)13-10/h4-7H,3,11H2,1-2H3. The van der Waals surface area contributed by atoms with Crippen LogP contribution in [0.15, 0.2) is 24.3 Å². The fourth-order valence-electron chi connectivity index (χ4n) is 1.64. The molecule has 0 fully saturated rings. The molecule has 1 heterocycles. The third-order valence-corrected chi connectivity index (χ3v) is 2.58. The Morgan fingerprint density at radius 3 is 2.15 bits per heavy atom. The number of nitrogens with two attached hydrogens (primary N) is 1. The van der Waals surface area contributed by atoms with E-state index in [1.54, 1.807) is 0 Å². The van der Waals surface area contributed by atoms with Crippen LogP contribution in [-0.4, -0.2) is 13.7 Å². The first-order valence-corrected chi connectivity index (χ1v) is 4.73. The van der Waals surface area contributed by atoms with Crippen LogP contribution < -0.4 is 14.5 Å². The molecule has 0 radical (unpaired) electrons. The second-order valence-electron chi connectivity index (χ2n) is 3.36. The van der Waals surface area contributed by atoms with Gasteiger partial charge < -0.3 is 14.5 Å². The van der Waals surface area contributed by atoms with Crippen molar-refractivity contribution in [2.75, 3.05) is 7.05 Å². The average molecular weight is 179 g/mol. The number of rotatable bonds is 2. The number of para-hydroxylation sites is 2. The maximum absolute atomic E-state index is 5.78. The Kier molecular flexibility index (Phi) is 1.92. The molecule has 2 N–H and O–H groups in total. The van der Waals surface area contributed by atoms with Crippen LogP contribution in [0, 0.1) is 0 Å². The third kappa shape index (κ3) is 1.27. The van der Waals surface area contributed by atoms with Gasteiger partial charge in [-0.15, -0.1) is 0 Å². The highest BCUT2D eigenvalue weighted by atomic mass is 16.7. The molecule has 1 aliphatic heterocycles. The summed E-state index contributed by atoms with van der Waals surface area (Å²) in [5, 5.41) is 2.01. The summed E-state index contributed by atoms with van der Waals surface area (Å²) < 4.78 is 11.6. The molecule has 2 rings (SSSR count). The summed E-state index contributed by atoms with van der Waals surface area (Å²) in [6, 6.07) is 7.80. The molecule has 1 aromatic carbocycles. The van der Waals surface area contributed by atoms with Gasteiger partial charge >= 0.3 is 6.69 Å². The number of hydrogen-bond donors (Lipinski definition) is 1. The minimum atomic E-state index is -1.20. The largest absolute Gasteiger partial charge is 0.628 e. The molecule has 0 spiro atoms. The molecule has 13 heavy (non-hydrogen) atoms. The van der Waals surface area contributed by atoms with Crippen molar-refractivity contribution in [3.8, 4) is 11.5 Å². The molecule has 70 valence electrons. The maximum Gasteiger partial charge on any atom is 0.576 e. The normalized spacial score (nSPS) is 17.4. The Hall–Kier alpha value is -1.16. The van der Waals surface area contributed by atoms with Gasteiger partial charge in [0.05, 0.1) is 0 Å². The molecule has 0 atom stereocenters. The first-order valence-electron chi connectivity index (χ1n) is 4.73. The van der Waals surface area contributed by atoms with Gasteiger partial charge in [0, 0.05) is 7.05 Å². The SMILES string of the molecule is CC[B-]1([NH2+]C)Oc2ccccc2O1. The van der Waals surface area contributed by atoms with Gasteiger partial charge in [-0.05, 0) is 18.5 Å². The van der Waals surface area contributed by atoms with Gasteiger partial charge in [-0.1, -0.05) is 19.1 Å². The van der Waals surface area contributed by atoms with Crippen molar-refractivity contribution in [3.05, 3.63) is 24.3 Å². The van der Waals surface area contributed by atoms with Gasteiger partial charge in [0.25, 0.3) is 0 Å². The number of quaternary nitrogens is 1. The predicted molar refractivity (Wildman–Crippen MR) is 51.8 cm³/mol.